The molecule has 0 radical (unpaired) electrons. The minimum atomic E-state index is -4.80. The van der Waals surface area contributed by atoms with Gasteiger partial charge in [0.15, 0.2) is 11.4 Å². The van der Waals surface area contributed by atoms with Gasteiger partial charge in [-0.1, -0.05) is 0 Å². The van der Waals surface area contributed by atoms with Crippen LogP contribution in [-0.2, 0) is 6.54 Å². The van der Waals surface area contributed by atoms with Crippen LogP contribution in [0.15, 0.2) is 18.0 Å². The number of halogens is 4. The summed E-state index contributed by atoms with van der Waals surface area (Å²) in [6.45, 7) is 1.68. The van der Waals surface area contributed by atoms with Gasteiger partial charge in [-0.3, -0.25) is 9.67 Å². The van der Waals surface area contributed by atoms with Gasteiger partial charge in [0.1, 0.15) is 5.67 Å². The van der Waals surface area contributed by atoms with Gasteiger partial charge in [0.25, 0.3) is 0 Å². The molecular formula is C25H32F4N8O2. The molecule has 0 unspecified atom stereocenters. The van der Waals surface area contributed by atoms with E-state index >= 15 is 0 Å². The van der Waals surface area contributed by atoms with E-state index in [9.17, 15) is 27.5 Å². The second kappa shape index (κ2) is 9.07. The molecule has 3 aliphatic rings. The fourth-order valence-electron chi connectivity index (χ4n) is 5.40. The number of alkyl halides is 4. The number of carbonyl (C=O) groups is 1. The molecule has 0 aromatic carbocycles. The third-order valence-corrected chi connectivity index (χ3v) is 7.75. The molecule has 0 atom stereocenters. The number of nitrogens with zero attached hydrogens (tertiary/aromatic N) is 5. The van der Waals surface area contributed by atoms with E-state index in [4.69, 9.17) is 11.1 Å². The maximum Gasteiger partial charge on any atom is 0.420 e. The second-order valence-electron chi connectivity index (χ2n) is 11.4. The lowest BCUT2D eigenvalue weighted by Gasteiger charge is -2.47. The number of rotatable bonds is 6. The molecule has 4 heterocycles. The number of amides is 2. The molecule has 2 aromatic heterocycles. The Morgan fingerprint density at radius 2 is 1.92 bits per heavy atom. The molecule has 212 valence electrons. The topological polar surface area (TPSA) is 136 Å². The number of allylic oxidation sites excluding steroid dienone is 1. The normalized spacial score (nSPS) is 21.0. The number of hydrogen-bond acceptors (Lipinski definition) is 7. The first-order valence-electron chi connectivity index (χ1n) is 12.9. The van der Waals surface area contributed by atoms with Crippen LogP contribution in [0.5, 0.6) is 0 Å². The van der Waals surface area contributed by atoms with Gasteiger partial charge in [-0.2, -0.15) is 18.3 Å². The zero-order chi connectivity index (χ0) is 28.4. The standard InChI is InChI=1S/C25H32F4N8O2/c1-22(2,26)12-37-18-9-16(32-11-15(18)20(34-37)35-13-24(39,14-35)25(27,28)29)19(31)17(10-30)33-21(38)36-8-4-3-5-23(36)6-7-23/h9-11,30,39H,3-8,12-14,31H2,1-2H3,(H,33,38)/b19-17+,30-10?. The summed E-state index contributed by atoms with van der Waals surface area (Å²) in [6.07, 6.45) is 2.32. The van der Waals surface area contributed by atoms with E-state index < -0.39 is 30.5 Å². The minimum Gasteiger partial charge on any atom is -0.395 e. The number of hydrogen-bond donors (Lipinski definition) is 4. The lowest BCUT2D eigenvalue weighted by Crippen LogP contribution is -2.69. The van der Waals surface area contributed by atoms with Gasteiger partial charge < -0.3 is 31.4 Å². The predicted octanol–water partition coefficient (Wildman–Crippen LogP) is 3.30. The van der Waals surface area contributed by atoms with Crippen LogP contribution in [0.3, 0.4) is 0 Å². The summed E-state index contributed by atoms with van der Waals surface area (Å²) >= 11 is 0. The zero-order valence-electron chi connectivity index (χ0n) is 21.8. The van der Waals surface area contributed by atoms with Crippen LogP contribution in [0.4, 0.5) is 28.2 Å². The third-order valence-electron chi connectivity index (χ3n) is 7.75. The highest BCUT2D eigenvalue weighted by Crippen LogP contribution is 2.48. The number of pyridine rings is 1. The Kier molecular flexibility index (Phi) is 6.31. The molecular weight excluding hydrogens is 520 g/mol. The summed E-state index contributed by atoms with van der Waals surface area (Å²) in [5.41, 5.74) is 2.24. The molecule has 2 saturated heterocycles. The maximum atomic E-state index is 14.6. The molecule has 2 aliphatic heterocycles. The van der Waals surface area contributed by atoms with E-state index in [2.05, 4.69) is 15.4 Å². The number of β-amino-alcohol motifs (C(OH)–C–C–N with tert-alkyl or cyclic N) is 1. The predicted molar refractivity (Wildman–Crippen MR) is 137 cm³/mol. The summed E-state index contributed by atoms with van der Waals surface area (Å²) in [7, 11) is 0. The molecule has 1 aliphatic carbocycles. The minimum absolute atomic E-state index is 0.00584. The molecule has 2 amide bonds. The molecule has 0 bridgehead atoms. The van der Waals surface area contributed by atoms with Gasteiger partial charge in [0.2, 0.25) is 0 Å². The summed E-state index contributed by atoms with van der Waals surface area (Å²) in [5.74, 6) is 0.130. The third kappa shape index (κ3) is 4.90. The smallest absolute Gasteiger partial charge is 0.395 e. The number of aliphatic hydroxyl groups is 1. The summed E-state index contributed by atoms with van der Waals surface area (Å²) < 4.78 is 55.5. The Morgan fingerprint density at radius 1 is 1.23 bits per heavy atom. The highest BCUT2D eigenvalue weighted by molar-refractivity contribution is 5.96. The van der Waals surface area contributed by atoms with Crippen molar-refractivity contribution in [1.82, 2.24) is 25.0 Å². The SMILES string of the molecule is CC(C)(F)Cn1nc(N2CC(O)(C(F)(F)F)C2)c2cnc(/C(N)=C(/C=N)NC(=O)N3CCCCC34CC4)cc21. The van der Waals surface area contributed by atoms with Gasteiger partial charge in [0, 0.05) is 24.5 Å². The number of likely N-dealkylation sites (tertiary alicyclic amines) is 1. The van der Waals surface area contributed by atoms with E-state index in [1.807, 2.05) is 4.90 Å². The average molecular weight is 553 g/mol. The Bertz CT molecular complexity index is 1340. The van der Waals surface area contributed by atoms with Crippen LogP contribution in [0.25, 0.3) is 16.6 Å². The van der Waals surface area contributed by atoms with Crippen molar-refractivity contribution < 1.29 is 27.5 Å². The van der Waals surface area contributed by atoms with Crippen LogP contribution in [-0.4, -0.2) is 79.6 Å². The van der Waals surface area contributed by atoms with E-state index in [-0.39, 0.29) is 41.0 Å². The molecule has 1 saturated carbocycles. The molecule has 39 heavy (non-hydrogen) atoms. The van der Waals surface area contributed by atoms with Crippen LogP contribution < -0.4 is 16.0 Å². The zero-order valence-corrected chi connectivity index (χ0v) is 21.8. The van der Waals surface area contributed by atoms with E-state index in [0.717, 1.165) is 38.3 Å². The van der Waals surface area contributed by atoms with Crippen LogP contribution in [0, 0.1) is 5.41 Å². The molecule has 2 aromatic rings. The van der Waals surface area contributed by atoms with Crippen molar-refractivity contribution in [3.63, 3.8) is 0 Å². The molecule has 14 heteroatoms. The number of urea groups is 1. The summed E-state index contributed by atoms with van der Waals surface area (Å²) in [6, 6.07) is 1.16. The van der Waals surface area contributed by atoms with Crippen LogP contribution in [0.1, 0.15) is 51.6 Å². The summed E-state index contributed by atoms with van der Waals surface area (Å²) in [4.78, 5) is 20.5. The first-order valence-corrected chi connectivity index (χ1v) is 12.9. The number of anilines is 1. The number of nitrogens with one attached hydrogen (secondary N) is 2. The van der Waals surface area contributed by atoms with Crippen LogP contribution in [0.2, 0.25) is 0 Å². The van der Waals surface area contributed by atoms with Crippen molar-refractivity contribution in [2.45, 2.75) is 75.5 Å². The first kappa shape index (κ1) is 27.2. The maximum absolute atomic E-state index is 14.6. The monoisotopic (exact) mass is 552 g/mol. The highest BCUT2D eigenvalue weighted by atomic mass is 19.4. The number of aromatic nitrogens is 3. The largest absolute Gasteiger partial charge is 0.420 e. The fraction of sp³-hybridized carbons (Fsp3) is 0.600. The number of fused-ring (bicyclic) bond motifs is 1. The van der Waals surface area contributed by atoms with Crippen molar-refractivity contribution >= 4 is 34.7 Å². The van der Waals surface area contributed by atoms with Crippen molar-refractivity contribution in [2.75, 3.05) is 24.5 Å². The van der Waals surface area contributed by atoms with Crippen molar-refractivity contribution in [3.8, 4) is 0 Å². The van der Waals surface area contributed by atoms with E-state index in [0.29, 0.717) is 17.4 Å². The van der Waals surface area contributed by atoms with Gasteiger partial charge in [0.05, 0.1) is 47.6 Å². The Labute approximate surface area is 222 Å². The fourth-order valence-corrected chi connectivity index (χ4v) is 5.40. The Morgan fingerprint density at radius 3 is 2.51 bits per heavy atom. The Hall–Kier alpha value is -3.42. The van der Waals surface area contributed by atoms with Crippen molar-refractivity contribution in [3.05, 3.63) is 23.7 Å². The number of piperidine rings is 1. The number of carbonyl (C=O) groups excluding carboxylic acids is 1. The molecule has 10 nitrogen and oxygen atoms in total. The molecule has 1 spiro atoms. The Balaban J connectivity index is 1.46. The van der Waals surface area contributed by atoms with E-state index in [1.54, 1.807) is 0 Å². The highest BCUT2D eigenvalue weighted by Gasteiger charge is 2.61. The van der Waals surface area contributed by atoms with Crippen LogP contribution >= 0.6 is 0 Å². The molecule has 5 rings (SSSR count). The van der Waals surface area contributed by atoms with Gasteiger partial charge in [-0.05, 0) is 52.0 Å². The second-order valence-corrected chi connectivity index (χ2v) is 11.4. The van der Waals surface area contributed by atoms with Crippen molar-refractivity contribution in [1.29, 1.82) is 5.41 Å². The molecule has 3 fully saturated rings. The summed E-state index contributed by atoms with van der Waals surface area (Å²) in [5, 5.41) is 25.2. The quantitative estimate of drug-likeness (QED) is 0.321. The van der Waals surface area contributed by atoms with Gasteiger partial charge in [-0.25, -0.2) is 9.18 Å². The van der Waals surface area contributed by atoms with E-state index in [1.165, 1.54) is 35.7 Å². The lowest BCUT2D eigenvalue weighted by molar-refractivity contribution is -0.267. The van der Waals surface area contributed by atoms with Crippen molar-refractivity contribution in [2.24, 2.45) is 5.73 Å². The lowest BCUT2D eigenvalue weighted by atomic mass is 9.93. The average Bonchev–Trinajstić information content (AvgIpc) is 3.51. The van der Waals surface area contributed by atoms with Gasteiger partial charge in [-0.15, -0.1) is 0 Å². The number of nitrogens with two attached hydrogens (primary N) is 1. The molecule has 5 N–H and O–H groups in total. The first-order chi connectivity index (χ1) is 18.2. The van der Waals surface area contributed by atoms with Gasteiger partial charge >= 0.3 is 12.2 Å².